The Balaban J connectivity index is 1.53. The van der Waals surface area contributed by atoms with E-state index in [1.165, 1.54) is 12.4 Å². The van der Waals surface area contributed by atoms with Gasteiger partial charge in [0.15, 0.2) is 5.82 Å². The molecule has 2 aromatic heterocycles. The van der Waals surface area contributed by atoms with Gasteiger partial charge in [0.2, 0.25) is 0 Å². The van der Waals surface area contributed by atoms with Crippen molar-refractivity contribution in [1.82, 2.24) is 14.5 Å². The number of hydrogen-bond donors (Lipinski definition) is 0. The van der Waals surface area contributed by atoms with E-state index in [-0.39, 0.29) is 0 Å². The molecule has 0 N–H and O–H groups in total. The van der Waals surface area contributed by atoms with Gasteiger partial charge in [-0.2, -0.15) is 26.3 Å². The molecule has 0 radical (unpaired) electrons. The maximum atomic E-state index is 9.61. The summed E-state index contributed by atoms with van der Waals surface area (Å²) in [6.45, 7) is 0. The van der Waals surface area contributed by atoms with Crippen LogP contribution in [0.4, 0.5) is 0 Å². The van der Waals surface area contributed by atoms with Crippen LogP contribution in [0.5, 0.6) is 0 Å². The van der Waals surface area contributed by atoms with Crippen molar-refractivity contribution in [2.75, 3.05) is 0 Å². The highest BCUT2D eigenvalue weighted by Gasteiger charge is 2.19. The van der Waals surface area contributed by atoms with E-state index in [0.29, 0.717) is 33.6 Å². The summed E-state index contributed by atoms with van der Waals surface area (Å²) < 4.78 is 2.13. The van der Waals surface area contributed by atoms with Gasteiger partial charge in [-0.3, -0.25) is 0 Å². The molecule has 5 aromatic carbocycles. The third kappa shape index (κ3) is 4.96. The van der Waals surface area contributed by atoms with Gasteiger partial charge < -0.3 is 4.57 Å². The van der Waals surface area contributed by atoms with Gasteiger partial charge in [0.25, 0.3) is 0 Å². The SMILES string of the molecule is N#Cc1cnc(-c2ccccc2-n2c3ccc(-c4cc(C#N)cc(C#N)c4)cc3c3cc(-c4cc(C#N)cc(C#N)c4)ccc32)nc1. The van der Waals surface area contributed by atoms with Crippen LogP contribution in [0.3, 0.4) is 0 Å². The lowest BCUT2D eigenvalue weighted by molar-refractivity contribution is 1.13. The van der Waals surface area contributed by atoms with Gasteiger partial charge in [-0.25, -0.2) is 9.97 Å². The molecule has 8 heteroatoms. The van der Waals surface area contributed by atoms with E-state index in [1.54, 1.807) is 36.4 Å². The number of para-hydroxylation sites is 1. The van der Waals surface area contributed by atoms with Crippen LogP contribution in [0.2, 0.25) is 0 Å². The van der Waals surface area contributed by atoms with Crippen molar-refractivity contribution in [3.63, 3.8) is 0 Å². The molecular formula is C39H18N8. The van der Waals surface area contributed by atoms with Crippen molar-refractivity contribution in [1.29, 1.82) is 26.3 Å². The summed E-state index contributed by atoms with van der Waals surface area (Å²) in [5.74, 6) is 0.470. The monoisotopic (exact) mass is 598 g/mol. The number of nitriles is 5. The molecule has 0 aliphatic carbocycles. The van der Waals surface area contributed by atoms with Crippen LogP contribution in [-0.2, 0) is 0 Å². The summed E-state index contributed by atoms with van der Waals surface area (Å²) in [5, 5.41) is 49.5. The topological polar surface area (TPSA) is 150 Å². The molecule has 0 unspecified atom stereocenters. The largest absolute Gasteiger partial charge is 0.309 e. The van der Waals surface area contributed by atoms with E-state index in [1.807, 2.05) is 60.7 Å². The average molecular weight is 599 g/mol. The second kappa shape index (κ2) is 11.5. The summed E-state index contributed by atoms with van der Waals surface area (Å²) in [6, 6.07) is 40.6. The van der Waals surface area contributed by atoms with Crippen molar-refractivity contribution in [3.8, 4) is 69.7 Å². The van der Waals surface area contributed by atoms with E-state index in [2.05, 4.69) is 44.9 Å². The number of aromatic nitrogens is 3. The van der Waals surface area contributed by atoms with Crippen LogP contribution in [0.15, 0.2) is 109 Å². The highest BCUT2D eigenvalue weighted by molar-refractivity contribution is 6.12. The minimum Gasteiger partial charge on any atom is -0.309 e. The molecule has 0 saturated carbocycles. The molecule has 0 atom stereocenters. The molecule has 7 aromatic rings. The third-order valence-electron chi connectivity index (χ3n) is 7.98. The predicted octanol–water partition coefficient (Wildman–Crippen LogP) is 7.93. The lowest BCUT2D eigenvalue weighted by atomic mass is 9.97. The Morgan fingerprint density at radius 3 is 1.34 bits per heavy atom. The zero-order valence-corrected chi connectivity index (χ0v) is 24.5. The van der Waals surface area contributed by atoms with E-state index >= 15 is 0 Å². The molecule has 47 heavy (non-hydrogen) atoms. The first-order chi connectivity index (χ1) is 23.0. The van der Waals surface area contributed by atoms with Gasteiger partial charge >= 0.3 is 0 Å². The molecule has 214 valence electrons. The molecule has 8 nitrogen and oxygen atoms in total. The highest BCUT2D eigenvalue weighted by Crippen LogP contribution is 2.39. The van der Waals surface area contributed by atoms with Gasteiger partial charge in [-0.1, -0.05) is 24.3 Å². The maximum Gasteiger partial charge on any atom is 0.161 e. The van der Waals surface area contributed by atoms with Crippen LogP contribution in [0.25, 0.3) is 61.1 Å². The molecule has 2 heterocycles. The smallest absolute Gasteiger partial charge is 0.161 e. The molecule has 0 amide bonds. The Morgan fingerprint density at radius 2 is 0.894 bits per heavy atom. The summed E-state index contributed by atoms with van der Waals surface area (Å²) >= 11 is 0. The van der Waals surface area contributed by atoms with E-state index in [0.717, 1.165) is 55.3 Å². The second-order valence-corrected chi connectivity index (χ2v) is 10.8. The molecule has 0 fully saturated rings. The summed E-state index contributed by atoms with van der Waals surface area (Å²) in [7, 11) is 0. The van der Waals surface area contributed by atoms with E-state index < -0.39 is 0 Å². The van der Waals surface area contributed by atoms with Crippen molar-refractivity contribution in [2.24, 2.45) is 0 Å². The van der Waals surface area contributed by atoms with E-state index in [4.69, 9.17) is 0 Å². The van der Waals surface area contributed by atoms with Gasteiger partial charge in [-0.05, 0) is 95.1 Å². The highest BCUT2D eigenvalue weighted by atomic mass is 15.0. The van der Waals surface area contributed by atoms with Crippen molar-refractivity contribution in [2.45, 2.75) is 0 Å². The van der Waals surface area contributed by atoms with Crippen LogP contribution in [0, 0.1) is 56.7 Å². The number of hydrogen-bond acceptors (Lipinski definition) is 7. The van der Waals surface area contributed by atoms with Crippen molar-refractivity contribution < 1.29 is 0 Å². The molecule has 0 aliphatic heterocycles. The fourth-order valence-corrected chi connectivity index (χ4v) is 5.87. The quantitative estimate of drug-likeness (QED) is 0.200. The number of benzene rings is 5. The molecule has 0 bridgehead atoms. The van der Waals surface area contributed by atoms with Crippen molar-refractivity contribution in [3.05, 3.63) is 137 Å². The number of rotatable bonds is 4. The molecular weight excluding hydrogens is 580 g/mol. The average Bonchev–Trinajstić information content (AvgIpc) is 3.47. The number of fused-ring (bicyclic) bond motifs is 3. The zero-order valence-electron chi connectivity index (χ0n) is 24.5. The fourth-order valence-electron chi connectivity index (χ4n) is 5.87. The lowest BCUT2D eigenvalue weighted by Crippen LogP contribution is -1.99. The number of nitrogens with zero attached hydrogens (tertiary/aromatic N) is 8. The minimum absolute atomic E-state index is 0.364. The normalized spacial score (nSPS) is 10.4. The Labute approximate surface area is 269 Å². The van der Waals surface area contributed by atoms with Gasteiger partial charge in [0, 0.05) is 28.7 Å². The Bertz CT molecular complexity index is 2430. The van der Waals surface area contributed by atoms with Gasteiger partial charge in [0.05, 0.1) is 68.8 Å². The zero-order chi connectivity index (χ0) is 32.5. The van der Waals surface area contributed by atoms with Crippen LogP contribution >= 0.6 is 0 Å². The summed E-state index contributed by atoms with van der Waals surface area (Å²) in [5.41, 5.74) is 8.47. The van der Waals surface area contributed by atoms with E-state index in [9.17, 15) is 26.3 Å². The van der Waals surface area contributed by atoms with Gasteiger partial charge in [0.1, 0.15) is 6.07 Å². The Kier molecular flexibility index (Phi) is 6.90. The second-order valence-electron chi connectivity index (χ2n) is 10.8. The van der Waals surface area contributed by atoms with Crippen LogP contribution in [0.1, 0.15) is 27.8 Å². The lowest BCUT2D eigenvalue weighted by Gasteiger charge is -2.13. The van der Waals surface area contributed by atoms with Gasteiger partial charge in [-0.15, -0.1) is 0 Å². The first-order valence-corrected chi connectivity index (χ1v) is 14.3. The molecule has 0 saturated heterocycles. The standard InChI is InChI=1S/C39H18N8/c40-17-24-9-25(18-41)12-31(11-24)29-5-7-37-34(15-29)35-16-30(32-13-26(19-42)10-27(14-32)20-43)6-8-38(35)47(37)36-4-2-1-3-33(36)39-45-22-28(21-44)23-46-39/h1-16,22-23H. The van der Waals surface area contributed by atoms with Crippen LogP contribution in [-0.4, -0.2) is 14.5 Å². The maximum absolute atomic E-state index is 9.61. The van der Waals surface area contributed by atoms with Crippen LogP contribution < -0.4 is 0 Å². The first kappa shape index (κ1) is 28.2. The summed E-state index contributed by atoms with van der Waals surface area (Å²) in [6.07, 6.45) is 3.00. The Morgan fingerprint density at radius 1 is 0.447 bits per heavy atom. The fraction of sp³-hybridized carbons (Fsp3) is 0. The van der Waals surface area contributed by atoms with Crippen molar-refractivity contribution >= 4 is 21.8 Å². The minimum atomic E-state index is 0.364. The summed E-state index contributed by atoms with van der Waals surface area (Å²) in [4.78, 5) is 8.94. The molecule has 0 aliphatic rings. The predicted molar refractivity (Wildman–Crippen MR) is 176 cm³/mol. The third-order valence-corrected chi connectivity index (χ3v) is 7.98. The first-order valence-electron chi connectivity index (χ1n) is 14.3. The molecule has 7 rings (SSSR count). The molecule has 0 spiro atoms. The Hall–Kier alpha value is -7.57.